The Labute approximate surface area is 154 Å². The van der Waals surface area contributed by atoms with Crippen LogP contribution in [0.25, 0.3) is 22.3 Å². The highest BCUT2D eigenvalue weighted by atomic mass is 127. The molecule has 0 aliphatic rings. The number of nitrogens with one attached hydrogen (secondary N) is 1. The maximum absolute atomic E-state index is 10.2. The molecule has 0 amide bonds. The van der Waals surface area contributed by atoms with Crippen LogP contribution in [0.15, 0.2) is 42.5 Å². The van der Waals surface area contributed by atoms with Crippen LogP contribution in [-0.4, -0.2) is 27.7 Å². The third-order valence-corrected chi connectivity index (χ3v) is 4.53. The lowest BCUT2D eigenvalue weighted by molar-refractivity contribution is 0.477. The summed E-state index contributed by atoms with van der Waals surface area (Å²) in [6, 6.07) is 13.3. The molecule has 4 N–H and O–H groups in total. The smallest absolute Gasteiger partial charge is 0.165 e. The Morgan fingerprint density at radius 2 is 2.00 bits per heavy atom. The standard InChI is InChI=1S/C18H19IN4O/c1-2-12(20)10-21-17-13-5-3-4-6-15(13)22-18(23-17)14-9-11(19)7-8-16(14)24/h3-9,12,24H,2,10,20H2,1H3,(H,21,22,23)/t12-/m0/s1. The lowest BCUT2D eigenvalue weighted by Gasteiger charge is -2.14. The van der Waals surface area contributed by atoms with E-state index in [-0.39, 0.29) is 11.8 Å². The van der Waals surface area contributed by atoms with Crippen LogP contribution < -0.4 is 11.1 Å². The Hall–Kier alpha value is -1.93. The fourth-order valence-electron chi connectivity index (χ4n) is 2.39. The quantitative estimate of drug-likeness (QED) is 0.533. The van der Waals surface area contributed by atoms with Gasteiger partial charge in [-0.15, -0.1) is 0 Å². The van der Waals surface area contributed by atoms with Crippen LogP contribution in [0.3, 0.4) is 0 Å². The molecule has 6 heteroatoms. The second kappa shape index (κ2) is 7.31. The van der Waals surface area contributed by atoms with E-state index in [1.807, 2.05) is 36.4 Å². The van der Waals surface area contributed by atoms with Gasteiger partial charge in [-0.3, -0.25) is 0 Å². The number of hydrogen-bond donors (Lipinski definition) is 3. The first-order chi connectivity index (χ1) is 11.6. The summed E-state index contributed by atoms with van der Waals surface area (Å²) in [7, 11) is 0. The van der Waals surface area contributed by atoms with Gasteiger partial charge in [0.05, 0.1) is 11.1 Å². The molecule has 0 aliphatic carbocycles. The van der Waals surface area contributed by atoms with Gasteiger partial charge in [0.2, 0.25) is 0 Å². The first-order valence-electron chi connectivity index (χ1n) is 7.83. The highest BCUT2D eigenvalue weighted by Crippen LogP contribution is 2.31. The van der Waals surface area contributed by atoms with Crippen molar-refractivity contribution in [3.8, 4) is 17.1 Å². The number of phenols is 1. The summed E-state index contributed by atoms with van der Waals surface area (Å²) < 4.78 is 1.01. The minimum Gasteiger partial charge on any atom is -0.507 e. The van der Waals surface area contributed by atoms with Crippen LogP contribution in [-0.2, 0) is 0 Å². The van der Waals surface area contributed by atoms with E-state index in [1.165, 1.54) is 0 Å². The van der Waals surface area contributed by atoms with Crippen molar-refractivity contribution in [2.45, 2.75) is 19.4 Å². The van der Waals surface area contributed by atoms with Gasteiger partial charge >= 0.3 is 0 Å². The molecule has 1 heterocycles. The summed E-state index contributed by atoms with van der Waals surface area (Å²) in [4.78, 5) is 9.25. The number of aromatic hydroxyl groups is 1. The molecule has 0 aliphatic heterocycles. The largest absolute Gasteiger partial charge is 0.507 e. The van der Waals surface area contributed by atoms with Crippen molar-refractivity contribution < 1.29 is 5.11 Å². The second-order valence-electron chi connectivity index (χ2n) is 5.62. The zero-order valence-electron chi connectivity index (χ0n) is 13.3. The van der Waals surface area contributed by atoms with Gasteiger partial charge in [0, 0.05) is 21.5 Å². The van der Waals surface area contributed by atoms with Gasteiger partial charge < -0.3 is 16.2 Å². The van der Waals surface area contributed by atoms with E-state index in [1.54, 1.807) is 6.07 Å². The number of benzene rings is 2. The maximum atomic E-state index is 10.2. The normalized spacial score (nSPS) is 12.3. The zero-order valence-corrected chi connectivity index (χ0v) is 15.5. The van der Waals surface area contributed by atoms with E-state index >= 15 is 0 Å². The van der Waals surface area contributed by atoms with Gasteiger partial charge in [-0.2, -0.15) is 0 Å². The van der Waals surface area contributed by atoms with Crippen molar-refractivity contribution >= 4 is 39.3 Å². The number of anilines is 1. The van der Waals surface area contributed by atoms with Gasteiger partial charge in [-0.1, -0.05) is 19.1 Å². The van der Waals surface area contributed by atoms with Crippen LogP contribution >= 0.6 is 22.6 Å². The van der Waals surface area contributed by atoms with Gasteiger partial charge in [0.25, 0.3) is 0 Å². The molecule has 3 rings (SSSR count). The maximum Gasteiger partial charge on any atom is 0.165 e. The number of phenolic OH excluding ortho intramolecular Hbond substituents is 1. The summed E-state index contributed by atoms with van der Waals surface area (Å²) in [6.07, 6.45) is 0.889. The molecule has 3 aromatic rings. The van der Waals surface area contributed by atoms with E-state index in [0.717, 1.165) is 26.7 Å². The van der Waals surface area contributed by atoms with Crippen molar-refractivity contribution in [2.24, 2.45) is 5.73 Å². The van der Waals surface area contributed by atoms with Crippen molar-refractivity contribution in [3.63, 3.8) is 0 Å². The predicted molar refractivity (Wildman–Crippen MR) is 106 cm³/mol. The molecule has 0 saturated heterocycles. The average molecular weight is 434 g/mol. The summed E-state index contributed by atoms with van der Waals surface area (Å²) in [5.41, 5.74) is 7.46. The third kappa shape index (κ3) is 3.59. The Kier molecular flexibility index (Phi) is 5.15. The zero-order chi connectivity index (χ0) is 17.1. The predicted octanol–water partition coefficient (Wildman–Crippen LogP) is 3.76. The molecule has 2 aromatic carbocycles. The number of fused-ring (bicyclic) bond motifs is 1. The fourth-order valence-corrected chi connectivity index (χ4v) is 2.88. The minimum atomic E-state index is 0.0632. The number of halogens is 1. The molecule has 0 radical (unpaired) electrons. The molecule has 0 saturated carbocycles. The van der Waals surface area contributed by atoms with E-state index in [2.05, 4.69) is 44.8 Å². The molecule has 0 fully saturated rings. The second-order valence-corrected chi connectivity index (χ2v) is 6.87. The number of aromatic nitrogens is 2. The minimum absolute atomic E-state index is 0.0632. The molecule has 0 bridgehead atoms. The van der Waals surface area contributed by atoms with Crippen LogP contribution in [0, 0.1) is 3.57 Å². The lowest BCUT2D eigenvalue weighted by atomic mass is 10.1. The van der Waals surface area contributed by atoms with Gasteiger partial charge in [-0.25, -0.2) is 9.97 Å². The summed E-state index contributed by atoms with van der Waals surface area (Å²) >= 11 is 2.21. The summed E-state index contributed by atoms with van der Waals surface area (Å²) in [5, 5.41) is 14.4. The van der Waals surface area contributed by atoms with Gasteiger partial charge in [0.15, 0.2) is 5.82 Å². The molecular weight excluding hydrogens is 415 g/mol. The topological polar surface area (TPSA) is 84.1 Å². The van der Waals surface area contributed by atoms with Crippen molar-refractivity contribution in [2.75, 3.05) is 11.9 Å². The Morgan fingerprint density at radius 1 is 1.21 bits per heavy atom. The number of nitrogens with zero attached hydrogens (tertiary/aromatic N) is 2. The summed E-state index contributed by atoms with van der Waals surface area (Å²) in [6.45, 7) is 2.69. The number of hydrogen-bond acceptors (Lipinski definition) is 5. The first kappa shape index (κ1) is 16.9. The molecular formula is C18H19IN4O. The molecule has 1 aromatic heterocycles. The van der Waals surface area contributed by atoms with Crippen LogP contribution in [0.5, 0.6) is 5.75 Å². The Morgan fingerprint density at radius 3 is 2.79 bits per heavy atom. The Bertz CT molecular complexity index is 869. The van der Waals surface area contributed by atoms with E-state index in [4.69, 9.17) is 5.73 Å². The van der Waals surface area contributed by atoms with E-state index < -0.39 is 0 Å². The summed E-state index contributed by atoms with van der Waals surface area (Å²) in [5.74, 6) is 1.40. The SMILES string of the molecule is CC[C@H](N)CNc1nc(-c2cc(I)ccc2O)nc2ccccc12. The lowest BCUT2D eigenvalue weighted by Crippen LogP contribution is -2.28. The van der Waals surface area contributed by atoms with Crippen molar-refractivity contribution in [3.05, 3.63) is 46.0 Å². The first-order valence-corrected chi connectivity index (χ1v) is 8.91. The number of para-hydroxylation sites is 1. The highest BCUT2D eigenvalue weighted by molar-refractivity contribution is 14.1. The van der Waals surface area contributed by atoms with Crippen LogP contribution in [0.1, 0.15) is 13.3 Å². The van der Waals surface area contributed by atoms with Crippen molar-refractivity contribution in [1.29, 1.82) is 0 Å². The molecule has 5 nitrogen and oxygen atoms in total. The fraction of sp³-hybridized carbons (Fsp3) is 0.222. The van der Waals surface area contributed by atoms with E-state index in [9.17, 15) is 5.11 Å². The van der Waals surface area contributed by atoms with Gasteiger partial charge in [0.1, 0.15) is 11.6 Å². The molecule has 1 atom stereocenters. The molecule has 124 valence electrons. The molecule has 0 unspecified atom stereocenters. The molecule has 24 heavy (non-hydrogen) atoms. The van der Waals surface area contributed by atoms with E-state index in [0.29, 0.717) is 17.9 Å². The van der Waals surface area contributed by atoms with Gasteiger partial charge in [-0.05, 0) is 59.3 Å². The average Bonchev–Trinajstić information content (AvgIpc) is 2.61. The van der Waals surface area contributed by atoms with Crippen molar-refractivity contribution in [1.82, 2.24) is 9.97 Å². The van der Waals surface area contributed by atoms with Crippen LogP contribution in [0.4, 0.5) is 5.82 Å². The Balaban J connectivity index is 2.11. The molecule has 0 spiro atoms. The number of nitrogens with two attached hydrogens (primary N) is 1. The monoisotopic (exact) mass is 434 g/mol. The third-order valence-electron chi connectivity index (χ3n) is 3.86. The number of rotatable bonds is 5. The highest BCUT2D eigenvalue weighted by Gasteiger charge is 2.13. The van der Waals surface area contributed by atoms with Crippen LogP contribution in [0.2, 0.25) is 0 Å².